The number of para-hydroxylation sites is 2. The lowest BCUT2D eigenvalue weighted by Crippen LogP contribution is -2.09. The first-order valence-electron chi connectivity index (χ1n) is 6.45. The molecule has 19 heavy (non-hydrogen) atoms. The van der Waals surface area contributed by atoms with Crippen LogP contribution in [0.2, 0.25) is 5.02 Å². The van der Waals surface area contributed by atoms with Gasteiger partial charge in [0, 0.05) is 5.56 Å². The van der Waals surface area contributed by atoms with E-state index in [0.717, 1.165) is 22.0 Å². The number of hydrogen-bond donors (Lipinski definition) is 1. The first-order valence-corrected chi connectivity index (χ1v) is 6.83. The fourth-order valence-corrected chi connectivity index (χ4v) is 2.20. The summed E-state index contributed by atoms with van der Waals surface area (Å²) in [6.07, 6.45) is 0. The topological polar surface area (TPSA) is 21.3 Å². The number of hydrogen-bond acceptors (Lipinski definition) is 2. The quantitative estimate of drug-likeness (QED) is 0.837. The van der Waals surface area contributed by atoms with Gasteiger partial charge in [-0.2, -0.15) is 0 Å². The van der Waals surface area contributed by atoms with E-state index in [1.165, 1.54) is 0 Å². The molecule has 0 amide bonds. The molecule has 1 unspecified atom stereocenters. The van der Waals surface area contributed by atoms with Crippen LogP contribution in [0, 0.1) is 0 Å². The Bertz CT molecular complexity index is 542. The number of halogens is 1. The van der Waals surface area contributed by atoms with Crippen molar-refractivity contribution >= 4 is 17.3 Å². The molecule has 0 aliphatic heterocycles. The van der Waals surface area contributed by atoms with Gasteiger partial charge in [0.25, 0.3) is 0 Å². The second-order valence-electron chi connectivity index (χ2n) is 4.32. The molecule has 3 heteroatoms. The molecule has 0 aliphatic carbocycles. The predicted molar refractivity (Wildman–Crippen MR) is 81.1 cm³/mol. The third kappa shape index (κ3) is 3.42. The molecule has 0 fully saturated rings. The highest BCUT2D eigenvalue weighted by Crippen LogP contribution is 2.30. The van der Waals surface area contributed by atoms with Crippen LogP contribution in [0.4, 0.5) is 5.69 Å². The summed E-state index contributed by atoms with van der Waals surface area (Å²) in [4.78, 5) is 0. The van der Waals surface area contributed by atoms with Gasteiger partial charge in [-0.3, -0.25) is 0 Å². The van der Waals surface area contributed by atoms with Crippen molar-refractivity contribution in [3.8, 4) is 5.75 Å². The van der Waals surface area contributed by atoms with Crippen LogP contribution in [0.1, 0.15) is 25.5 Å². The van der Waals surface area contributed by atoms with E-state index in [0.29, 0.717) is 6.61 Å². The summed E-state index contributed by atoms with van der Waals surface area (Å²) in [5.74, 6) is 0.914. The minimum Gasteiger partial charge on any atom is -0.494 e. The molecule has 0 heterocycles. The van der Waals surface area contributed by atoms with Crippen molar-refractivity contribution < 1.29 is 4.74 Å². The number of ether oxygens (including phenoxy) is 1. The van der Waals surface area contributed by atoms with E-state index in [-0.39, 0.29) is 6.04 Å². The molecular formula is C16H18ClNO. The van der Waals surface area contributed by atoms with Gasteiger partial charge in [-0.05, 0) is 32.0 Å². The minimum absolute atomic E-state index is 0.127. The number of rotatable bonds is 5. The van der Waals surface area contributed by atoms with Crippen molar-refractivity contribution in [2.75, 3.05) is 11.9 Å². The van der Waals surface area contributed by atoms with Gasteiger partial charge in [0.15, 0.2) is 0 Å². The van der Waals surface area contributed by atoms with E-state index in [4.69, 9.17) is 16.3 Å². The Kier molecular flexibility index (Phi) is 4.69. The lowest BCUT2D eigenvalue weighted by molar-refractivity contribution is 0.335. The molecule has 0 bridgehead atoms. The van der Waals surface area contributed by atoms with Gasteiger partial charge in [0.1, 0.15) is 5.75 Å². The summed E-state index contributed by atoms with van der Waals surface area (Å²) < 4.78 is 5.65. The molecule has 2 aromatic rings. The third-order valence-corrected chi connectivity index (χ3v) is 3.26. The van der Waals surface area contributed by atoms with Gasteiger partial charge in [0.05, 0.1) is 23.4 Å². The zero-order valence-corrected chi connectivity index (χ0v) is 11.9. The summed E-state index contributed by atoms with van der Waals surface area (Å²) in [6, 6.07) is 15.9. The highest BCUT2D eigenvalue weighted by molar-refractivity contribution is 6.33. The van der Waals surface area contributed by atoms with E-state index < -0.39 is 0 Å². The monoisotopic (exact) mass is 275 g/mol. The molecule has 0 aliphatic rings. The number of anilines is 1. The minimum atomic E-state index is 0.127. The third-order valence-electron chi connectivity index (χ3n) is 2.93. The van der Waals surface area contributed by atoms with Crippen LogP contribution in [0.25, 0.3) is 0 Å². The Hall–Kier alpha value is -1.67. The largest absolute Gasteiger partial charge is 0.494 e. The van der Waals surface area contributed by atoms with Crippen molar-refractivity contribution in [1.82, 2.24) is 0 Å². The highest BCUT2D eigenvalue weighted by atomic mass is 35.5. The number of nitrogens with one attached hydrogen (secondary N) is 1. The average molecular weight is 276 g/mol. The summed E-state index contributed by atoms with van der Waals surface area (Å²) in [5.41, 5.74) is 2.06. The van der Waals surface area contributed by atoms with Gasteiger partial charge >= 0.3 is 0 Å². The van der Waals surface area contributed by atoms with Crippen molar-refractivity contribution in [2.45, 2.75) is 19.9 Å². The average Bonchev–Trinajstić information content (AvgIpc) is 2.42. The Labute approximate surface area is 119 Å². The molecule has 0 saturated carbocycles. The molecule has 0 aromatic heterocycles. The Morgan fingerprint density at radius 2 is 1.79 bits per heavy atom. The smallest absolute Gasteiger partial charge is 0.124 e. The van der Waals surface area contributed by atoms with Crippen LogP contribution < -0.4 is 10.1 Å². The fourth-order valence-electron chi connectivity index (χ4n) is 2.01. The van der Waals surface area contributed by atoms with Gasteiger partial charge in [-0.1, -0.05) is 41.9 Å². The highest BCUT2D eigenvalue weighted by Gasteiger charge is 2.11. The molecule has 2 nitrogen and oxygen atoms in total. The molecule has 100 valence electrons. The van der Waals surface area contributed by atoms with Crippen molar-refractivity contribution in [3.05, 3.63) is 59.1 Å². The molecule has 2 rings (SSSR count). The van der Waals surface area contributed by atoms with Crippen LogP contribution in [0.15, 0.2) is 48.5 Å². The molecule has 1 N–H and O–H groups in total. The van der Waals surface area contributed by atoms with Gasteiger partial charge in [0.2, 0.25) is 0 Å². The molecule has 0 spiro atoms. The van der Waals surface area contributed by atoms with Crippen LogP contribution >= 0.6 is 11.6 Å². The first kappa shape index (κ1) is 13.8. The van der Waals surface area contributed by atoms with E-state index >= 15 is 0 Å². The van der Waals surface area contributed by atoms with Crippen molar-refractivity contribution in [3.63, 3.8) is 0 Å². The van der Waals surface area contributed by atoms with Crippen LogP contribution in [-0.4, -0.2) is 6.61 Å². The second kappa shape index (κ2) is 6.48. The molecule has 0 saturated heterocycles. The van der Waals surface area contributed by atoms with Crippen molar-refractivity contribution in [1.29, 1.82) is 0 Å². The Morgan fingerprint density at radius 3 is 2.53 bits per heavy atom. The Morgan fingerprint density at radius 1 is 1.11 bits per heavy atom. The van der Waals surface area contributed by atoms with Gasteiger partial charge in [-0.15, -0.1) is 0 Å². The van der Waals surface area contributed by atoms with Gasteiger partial charge in [-0.25, -0.2) is 0 Å². The van der Waals surface area contributed by atoms with Crippen LogP contribution in [-0.2, 0) is 0 Å². The van der Waals surface area contributed by atoms with Crippen LogP contribution in [0.5, 0.6) is 5.75 Å². The molecular weight excluding hydrogens is 258 g/mol. The summed E-state index contributed by atoms with van der Waals surface area (Å²) in [7, 11) is 0. The maximum Gasteiger partial charge on any atom is 0.124 e. The molecule has 1 atom stereocenters. The Balaban J connectivity index is 2.20. The maximum atomic E-state index is 6.16. The van der Waals surface area contributed by atoms with Gasteiger partial charge < -0.3 is 10.1 Å². The molecule has 2 aromatic carbocycles. The summed E-state index contributed by atoms with van der Waals surface area (Å²) in [5, 5.41) is 4.14. The normalized spacial score (nSPS) is 11.9. The summed E-state index contributed by atoms with van der Waals surface area (Å²) >= 11 is 6.16. The predicted octanol–water partition coefficient (Wildman–Crippen LogP) is 4.91. The lowest BCUT2D eigenvalue weighted by Gasteiger charge is -2.19. The number of benzene rings is 2. The first-order chi connectivity index (χ1) is 9.22. The fraction of sp³-hybridized carbons (Fsp3) is 0.250. The lowest BCUT2D eigenvalue weighted by atomic mass is 10.1. The van der Waals surface area contributed by atoms with E-state index in [9.17, 15) is 0 Å². The summed E-state index contributed by atoms with van der Waals surface area (Å²) in [6.45, 7) is 4.75. The van der Waals surface area contributed by atoms with E-state index in [1.807, 2.05) is 49.4 Å². The van der Waals surface area contributed by atoms with E-state index in [2.05, 4.69) is 18.3 Å². The van der Waals surface area contributed by atoms with Crippen LogP contribution in [0.3, 0.4) is 0 Å². The SMILES string of the molecule is CCOc1ccccc1C(C)Nc1ccccc1Cl. The zero-order chi connectivity index (χ0) is 13.7. The van der Waals surface area contributed by atoms with E-state index in [1.54, 1.807) is 0 Å². The zero-order valence-electron chi connectivity index (χ0n) is 11.2. The second-order valence-corrected chi connectivity index (χ2v) is 4.72. The molecule has 0 radical (unpaired) electrons. The van der Waals surface area contributed by atoms with Crippen molar-refractivity contribution in [2.24, 2.45) is 0 Å². The maximum absolute atomic E-state index is 6.16. The standard InChI is InChI=1S/C16H18ClNO/c1-3-19-16-11-7-4-8-13(16)12(2)18-15-10-6-5-9-14(15)17/h4-12,18H,3H2,1-2H3.